The molecule has 0 fully saturated rings. The summed E-state index contributed by atoms with van der Waals surface area (Å²) in [6, 6.07) is 13.2. The van der Waals surface area contributed by atoms with Crippen LogP contribution in [0.25, 0.3) is 0 Å². The van der Waals surface area contributed by atoms with Crippen LogP contribution in [0.4, 0.5) is 5.69 Å². The first-order chi connectivity index (χ1) is 11.0. The van der Waals surface area contributed by atoms with Gasteiger partial charge in [0.1, 0.15) is 5.75 Å². The maximum absolute atomic E-state index is 12.5. The number of anilines is 1. The molecule has 0 aromatic heterocycles. The molecule has 0 aliphatic heterocycles. The van der Waals surface area contributed by atoms with Crippen LogP contribution in [0.5, 0.6) is 5.75 Å². The average molecular weight is 332 g/mol. The zero-order chi connectivity index (χ0) is 16.8. The molecular formula is C19H22ClNO2. The van der Waals surface area contributed by atoms with Gasteiger partial charge in [-0.05, 0) is 49.1 Å². The van der Waals surface area contributed by atoms with Gasteiger partial charge >= 0.3 is 0 Å². The largest absolute Gasteiger partial charge is 0.481 e. The molecular weight excluding hydrogens is 310 g/mol. The van der Waals surface area contributed by atoms with Crippen LogP contribution in [0, 0.1) is 0 Å². The van der Waals surface area contributed by atoms with Gasteiger partial charge in [-0.1, -0.05) is 49.7 Å². The minimum absolute atomic E-state index is 0.166. The smallest absolute Gasteiger partial charge is 0.265 e. The van der Waals surface area contributed by atoms with E-state index in [9.17, 15) is 4.79 Å². The third-order valence-corrected chi connectivity index (χ3v) is 3.96. The predicted molar refractivity (Wildman–Crippen MR) is 95.4 cm³/mol. The molecule has 1 atom stereocenters. The van der Waals surface area contributed by atoms with E-state index in [0.717, 1.165) is 29.7 Å². The summed E-state index contributed by atoms with van der Waals surface area (Å²) in [5.41, 5.74) is 3.17. The van der Waals surface area contributed by atoms with Crippen LogP contribution < -0.4 is 10.1 Å². The Kier molecular flexibility index (Phi) is 6.05. The standard InChI is InChI=1S/C19H22ClNO2/c1-4-14-8-6-9-15(5-2)18(14)21-19(22)13(3)23-17-11-7-10-16(20)12-17/h6-13H,4-5H2,1-3H3,(H,21,22)/t13-/m1/s1. The number of hydrogen-bond donors (Lipinski definition) is 1. The number of carbonyl (C=O) groups is 1. The van der Waals surface area contributed by atoms with Gasteiger partial charge in [0.05, 0.1) is 0 Å². The van der Waals surface area contributed by atoms with E-state index in [1.807, 2.05) is 18.2 Å². The number of nitrogens with one attached hydrogen (secondary N) is 1. The lowest BCUT2D eigenvalue weighted by atomic mass is 10.0. The summed E-state index contributed by atoms with van der Waals surface area (Å²) in [5.74, 6) is 0.417. The average Bonchev–Trinajstić information content (AvgIpc) is 2.54. The zero-order valence-electron chi connectivity index (χ0n) is 13.7. The number of carbonyl (C=O) groups excluding carboxylic acids is 1. The van der Waals surface area contributed by atoms with Gasteiger partial charge in [0.25, 0.3) is 5.91 Å². The minimum atomic E-state index is -0.608. The Labute approximate surface area is 142 Å². The molecule has 0 saturated carbocycles. The van der Waals surface area contributed by atoms with Crippen molar-refractivity contribution >= 4 is 23.2 Å². The van der Waals surface area contributed by atoms with Crippen LogP contribution in [0.2, 0.25) is 5.02 Å². The molecule has 122 valence electrons. The summed E-state index contributed by atoms with van der Waals surface area (Å²) in [6.45, 7) is 5.89. The van der Waals surface area contributed by atoms with Crippen LogP contribution in [-0.4, -0.2) is 12.0 Å². The third-order valence-electron chi connectivity index (χ3n) is 3.73. The first kappa shape index (κ1) is 17.4. The second kappa shape index (κ2) is 8.02. The van der Waals surface area contributed by atoms with Crippen molar-refractivity contribution in [2.24, 2.45) is 0 Å². The lowest BCUT2D eigenvalue weighted by molar-refractivity contribution is -0.122. The number of halogens is 1. The molecule has 2 rings (SSSR count). The van der Waals surface area contributed by atoms with Gasteiger partial charge in [0.15, 0.2) is 6.10 Å². The second-order valence-corrected chi connectivity index (χ2v) is 5.80. The van der Waals surface area contributed by atoms with Gasteiger partial charge in [-0.25, -0.2) is 0 Å². The molecule has 0 heterocycles. The van der Waals surface area contributed by atoms with Gasteiger partial charge in [-0.2, -0.15) is 0 Å². The van der Waals surface area contributed by atoms with E-state index in [4.69, 9.17) is 16.3 Å². The Morgan fingerprint density at radius 3 is 2.30 bits per heavy atom. The second-order valence-electron chi connectivity index (χ2n) is 5.37. The van der Waals surface area contributed by atoms with E-state index in [-0.39, 0.29) is 5.91 Å². The Morgan fingerprint density at radius 1 is 1.13 bits per heavy atom. The van der Waals surface area contributed by atoms with Crippen LogP contribution in [0.15, 0.2) is 42.5 Å². The predicted octanol–water partition coefficient (Wildman–Crippen LogP) is 4.87. The molecule has 0 bridgehead atoms. The lowest BCUT2D eigenvalue weighted by Crippen LogP contribution is -2.30. The van der Waals surface area contributed by atoms with Crippen LogP contribution in [-0.2, 0) is 17.6 Å². The molecule has 1 N–H and O–H groups in total. The molecule has 2 aromatic rings. The SMILES string of the molecule is CCc1cccc(CC)c1NC(=O)[C@@H](C)Oc1cccc(Cl)c1. The molecule has 0 aliphatic carbocycles. The minimum Gasteiger partial charge on any atom is -0.481 e. The van der Waals surface area contributed by atoms with Crippen molar-refractivity contribution in [2.75, 3.05) is 5.32 Å². The monoisotopic (exact) mass is 331 g/mol. The Morgan fingerprint density at radius 2 is 1.74 bits per heavy atom. The Bertz CT molecular complexity index is 663. The summed E-state index contributed by atoms with van der Waals surface area (Å²) in [6.07, 6.45) is 1.13. The number of aryl methyl sites for hydroxylation is 2. The highest BCUT2D eigenvalue weighted by molar-refractivity contribution is 6.30. The molecule has 0 radical (unpaired) electrons. The summed E-state index contributed by atoms with van der Waals surface area (Å²) in [4.78, 5) is 12.5. The van der Waals surface area contributed by atoms with Crippen molar-refractivity contribution in [2.45, 2.75) is 39.7 Å². The molecule has 3 nitrogen and oxygen atoms in total. The first-order valence-corrected chi connectivity index (χ1v) is 8.26. The number of ether oxygens (including phenoxy) is 1. The number of amides is 1. The van der Waals surface area contributed by atoms with E-state index in [1.165, 1.54) is 0 Å². The van der Waals surface area contributed by atoms with E-state index >= 15 is 0 Å². The summed E-state index contributed by atoms with van der Waals surface area (Å²) in [5, 5.41) is 3.60. The first-order valence-electron chi connectivity index (χ1n) is 7.89. The number of rotatable bonds is 6. The molecule has 0 saturated heterocycles. The van der Waals surface area contributed by atoms with E-state index in [0.29, 0.717) is 10.8 Å². The van der Waals surface area contributed by atoms with E-state index in [2.05, 4.69) is 19.2 Å². The maximum Gasteiger partial charge on any atom is 0.265 e. The number of hydrogen-bond acceptors (Lipinski definition) is 2. The Balaban J connectivity index is 2.12. The fourth-order valence-electron chi connectivity index (χ4n) is 2.43. The molecule has 0 aliphatic rings. The normalized spacial score (nSPS) is 11.8. The zero-order valence-corrected chi connectivity index (χ0v) is 14.5. The topological polar surface area (TPSA) is 38.3 Å². The molecule has 0 spiro atoms. The van der Waals surface area contributed by atoms with Crippen molar-refractivity contribution in [1.29, 1.82) is 0 Å². The summed E-state index contributed by atoms with van der Waals surface area (Å²) in [7, 11) is 0. The van der Waals surface area contributed by atoms with Gasteiger partial charge in [-0.15, -0.1) is 0 Å². The fraction of sp³-hybridized carbons (Fsp3) is 0.316. The van der Waals surface area contributed by atoms with Crippen molar-refractivity contribution in [3.8, 4) is 5.75 Å². The maximum atomic E-state index is 12.5. The lowest BCUT2D eigenvalue weighted by Gasteiger charge is -2.18. The molecule has 2 aromatic carbocycles. The van der Waals surface area contributed by atoms with Crippen molar-refractivity contribution in [3.63, 3.8) is 0 Å². The van der Waals surface area contributed by atoms with Gasteiger partial charge < -0.3 is 10.1 Å². The highest BCUT2D eigenvalue weighted by atomic mass is 35.5. The fourth-order valence-corrected chi connectivity index (χ4v) is 2.61. The van der Waals surface area contributed by atoms with Crippen LogP contribution in [0.1, 0.15) is 31.9 Å². The number of para-hydroxylation sites is 1. The van der Waals surface area contributed by atoms with Gasteiger partial charge in [-0.3, -0.25) is 4.79 Å². The van der Waals surface area contributed by atoms with Crippen molar-refractivity contribution < 1.29 is 9.53 Å². The van der Waals surface area contributed by atoms with Gasteiger partial charge in [0.2, 0.25) is 0 Å². The van der Waals surface area contributed by atoms with Crippen molar-refractivity contribution in [1.82, 2.24) is 0 Å². The highest BCUT2D eigenvalue weighted by Gasteiger charge is 2.17. The third kappa shape index (κ3) is 4.49. The quantitative estimate of drug-likeness (QED) is 0.820. The summed E-state index contributed by atoms with van der Waals surface area (Å²) < 4.78 is 5.68. The van der Waals surface area contributed by atoms with Crippen molar-refractivity contribution in [3.05, 3.63) is 58.6 Å². The summed E-state index contributed by atoms with van der Waals surface area (Å²) >= 11 is 5.94. The molecule has 1 amide bonds. The van der Waals surface area contributed by atoms with E-state index < -0.39 is 6.10 Å². The Hall–Kier alpha value is -2.00. The highest BCUT2D eigenvalue weighted by Crippen LogP contribution is 2.23. The molecule has 0 unspecified atom stereocenters. The van der Waals surface area contributed by atoms with E-state index in [1.54, 1.807) is 31.2 Å². The van der Waals surface area contributed by atoms with Crippen LogP contribution >= 0.6 is 11.6 Å². The van der Waals surface area contributed by atoms with Crippen LogP contribution in [0.3, 0.4) is 0 Å². The van der Waals surface area contributed by atoms with Gasteiger partial charge in [0, 0.05) is 10.7 Å². The molecule has 23 heavy (non-hydrogen) atoms. The molecule has 4 heteroatoms. The number of benzene rings is 2.